The van der Waals surface area contributed by atoms with Gasteiger partial charge in [-0.25, -0.2) is 4.39 Å². The van der Waals surface area contributed by atoms with Gasteiger partial charge in [0.25, 0.3) is 5.91 Å². The predicted octanol–water partition coefficient (Wildman–Crippen LogP) is 2.21. The molecule has 4 rings (SSSR count). The van der Waals surface area contributed by atoms with Crippen LogP contribution in [-0.4, -0.2) is 50.5 Å². The van der Waals surface area contributed by atoms with Gasteiger partial charge in [-0.1, -0.05) is 12.1 Å². The van der Waals surface area contributed by atoms with Gasteiger partial charge in [0.15, 0.2) is 0 Å². The molecule has 2 aliphatic heterocycles. The van der Waals surface area contributed by atoms with Gasteiger partial charge in [-0.3, -0.25) is 14.3 Å². The molecule has 0 saturated carbocycles. The molecule has 142 valence electrons. The molecule has 27 heavy (non-hydrogen) atoms. The van der Waals surface area contributed by atoms with Crippen molar-refractivity contribution in [2.24, 2.45) is 13.0 Å². The fraction of sp³-hybridized carbons (Fsp3) is 0.450. The molecule has 2 atom stereocenters. The number of fused-ring (bicyclic) bond motifs is 1. The van der Waals surface area contributed by atoms with Crippen molar-refractivity contribution in [3.63, 3.8) is 0 Å². The highest BCUT2D eigenvalue weighted by molar-refractivity contribution is 5.92. The Morgan fingerprint density at radius 1 is 1.30 bits per heavy atom. The molecule has 7 heteroatoms. The number of halogens is 1. The number of hydrogen-bond donors (Lipinski definition) is 0. The molecule has 0 N–H and O–H groups in total. The third-order valence-electron chi connectivity index (χ3n) is 5.55. The lowest BCUT2D eigenvalue weighted by atomic mass is 9.98. The van der Waals surface area contributed by atoms with E-state index in [0.29, 0.717) is 31.7 Å². The predicted molar refractivity (Wildman–Crippen MR) is 97.2 cm³/mol. The Balaban J connectivity index is 1.55. The van der Waals surface area contributed by atoms with E-state index in [4.69, 9.17) is 0 Å². The zero-order chi connectivity index (χ0) is 19.0. The topological polar surface area (TPSA) is 58.4 Å². The van der Waals surface area contributed by atoms with Crippen molar-refractivity contribution < 1.29 is 14.0 Å². The van der Waals surface area contributed by atoms with Gasteiger partial charge < -0.3 is 9.80 Å². The molecule has 0 radical (unpaired) electrons. The van der Waals surface area contributed by atoms with Crippen molar-refractivity contribution in [2.45, 2.75) is 31.8 Å². The molecule has 3 heterocycles. The highest BCUT2D eigenvalue weighted by atomic mass is 19.1. The summed E-state index contributed by atoms with van der Waals surface area (Å²) in [5, 5.41) is 4.21. The lowest BCUT2D eigenvalue weighted by molar-refractivity contribution is -0.133. The maximum absolute atomic E-state index is 13.6. The van der Waals surface area contributed by atoms with E-state index in [2.05, 4.69) is 5.10 Å². The van der Waals surface area contributed by atoms with Crippen LogP contribution in [0.3, 0.4) is 0 Å². The number of aromatic nitrogens is 2. The maximum atomic E-state index is 13.6. The van der Waals surface area contributed by atoms with E-state index in [9.17, 15) is 14.0 Å². The smallest absolute Gasteiger partial charge is 0.274 e. The summed E-state index contributed by atoms with van der Waals surface area (Å²) in [5.74, 6) is -0.0666. The van der Waals surface area contributed by atoms with Gasteiger partial charge in [-0.15, -0.1) is 0 Å². The van der Waals surface area contributed by atoms with Gasteiger partial charge in [0.05, 0.1) is 6.04 Å². The van der Waals surface area contributed by atoms with Crippen molar-refractivity contribution in [3.8, 4) is 0 Å². The van der Waals surface area contributed by atoms with Gasteiger partial charge in [-0.2, -0.15) is 5.10 Å². The number of carbonyl (C=O) groups excluding carboxylic acids is 2. The number of rotatable bonds is 3. The monoisotopic (exact) mass is 370 g/mol. The van der Waals surface area contributed by atoms with Crippen LogP contribution >= 0.6 is 0 Å². The Kier molecular flexibility index (Phi) is 4.68. The maximum Gasteiger partial charge on any atom is 0.274 e. The molecule has 0 bridgehead atoms. The summed E-state index contributed by atoms with van der Waals surface area (Å²) in [6.45, 7) is 1.51. The highest BCUT2D eigenvalue weighted by Crippen LogP contribution is 2.32. The highest BCUT2D eigenvalue weighted by Gasteiger charge is 2.42. The van der Waals surface area contributed by atoms with Crippen LogP contribution < -0.4 is 0 Å². The zero-order valence-corrected chi connectivity index (χ0v) is 15.3. The van der Waals surface area contributed by atoms with Crippen molar-refractivity contribution >= 4 is 11.8 Å². The molecule has 1 aromatic carbocycles. The second-order valence-electron chi connectivity index (χ2n) is 7.46. The minimum absolute atomic E-state index is 0.0315. The van der Waals surface area contributed by atoms with Crippen molar-refractivity contribution in [2.75, 3.05) is 13.1 Å². The molecule has 1 aromatic heterocycles. The van der Waals surface area contributed by atoms with Crippen LogP contribution in [0.25, 0.3) is 0 Å². The number of amides is 2. The van der Waals surface area contributed by atoms with Gasteiger partial charge >= 0.3 is 0 Å². The van der Waals surface area contributed by atoms with Gasteiger partial charge in [0, 0.05) is 39.3 Å². The quantitative estimate of drug-likeness (QED) is 0.832. The van der Waals surface area contributed by atoms with Crippen molar-refractivity contribution in [3.05, 3.63) is 53.6 Å². The van der Waals surface area contributed by atoms with Crippen LogP contribution in [0.1, 0.15) is 35.3 Å². The second-order valence-corrected chi connectivity index (χ2v) is 7.46. The van der Waals surface area contributed by atoms with Crippen molar-refractivity contribution in [1.29, 1.82) is 0 Å². The van der Waals surface area contributed by atoms with Crippen molar-refractivity contribution in [1.82, 2.24) is 19.6 Å². The number of nitrogens with zero attached hydrogens (tertiary/aromatic N) is 4. The van der Waals surface area contributed by atoms with Crippen LogP contribution in [0.2, 0.25) is 0 Å². The van der Waals surface area contributed by atoms with Crippen LogP contribution in [-0.2, 0) is 18.4 Å². The first-order valence-corrected chi connectivity index (χ1v) is 9.34. The van der Waals surface area contributed by atoms with E-state index >= 15 is 0 Å². The average molecular weight is 370 g/mol. The molecule has 2 unspecified atom stereocenters. The molecular weight excluding hydrogens is 347 g/mol. The molecular formula is C20H23FN4O2. The largest absolute Gasteiger partial charge is 0.335 e. The van der Waals surface area contributed by atoms with Crippen LogP contribution in [0.15, 0.2) is 36.5 Å². The molecule has 2 aliphatic rings. The number of likely N-dealkylation sites (tertiary alicyclic amines) is 2. The van der Waals surface area contributed by atoms with E-state index < -0.39 is 0 Å². The minimum Gasteiger partial charge on any atom is -0.335 e. The summed E-state index contributed by atoms with van der Waals surface area (Å²) >= 11 is 0. The average Bonchev–Trinajstić information content (AvgIpc) is 3.22. The second kappa shape index (κ2) is 7.13. The SMILES string of the molecule is Cn1ccc(C(=O)N2CC3CCCC(=O)N(Cc4cccc(F)c4)C3C2)n1. The van der Waals surface area contributed by atoms with E-state index in [0.717, 1.165) is 18.4 Å². The number of carbonyl (C=O) groups is 2. The molecule has 2 amide bonds. The molecule has 2 aromatic rings. The van der Waals surface area contributed by atoms with Crippen LogP contribution in [0.5, 0.6) is 0 Å². The Bertz CT molecular complexity index is 865. The molecule has 2 fully saturated rings. The molecule has 0 aliphatic carbocycles. The van der Waals surface area contributed by atoms with E-state index in [1.165, 1.54) is 12.1 Å². The minimum atomic E-state index is -0.301. The summed E-state index contributed by atoms with van der Waals surface area (Å²) in [7, 11) is 1.78. The van der Waals surface area contributed by atoms with Gasteiger partial charge in [0.2, 0.25) is 5.91 Å². The Morgan fingerprint density at radius 2 is 2.15 bits per heavy atom. The third kappa shape index (κ3) is 3.59. The Hall–Kier alpha value is -2.70. The standard InChI is InChI=1S/C20H23FN4O2/c1-23-9-8-17(22-23)20(27)24-12-15-5-3-7-19(26)25(18(15)13-24)11-14-4-2-6-16(21)10-14/h2,4,6,8-10,15,18H,3,5,7,11-13H2,1H3. The summed E-state index contributed by atoms with van der Waals surface area (Å²) in [6, 6.07) is 8.05. The summed E-state index contributed by atoms with van der Waals surface area (Å²) in [4.78, 5) is 29.1. The Labute approximate surface area is 157 Å². The molecule has 0 spiro atoms. The first-order chi connectivity index (χ1) is 13.0. The zero-order valence-electron chi connectivity index (χ0n) is 15.3. The van der Waals surface area contributed by atoms with Crippen LogP contribution in [0.4, 0.5) is 4.39 Å². The third-order valence-corrected chi connectivity index (χ3v) is 5.55. The van der Waals surface area contributed by atoms with E-state index in [-0.39, 0.29) is 29.6 Å². The number of hydrogen-bond acceptors (Lipinski definition) is 3. The van der Waals surface area contributed by atoms with Crippen LogP contribution in [0, 0.1) is 11.7 Å². The van der Waals surface area contributed by atoms with Gasteiger partial charge in [0.1, 0.15) is 11.5 Å². The fourth-order valence-corrected chi connectivity index (χ4v) is 4.23. The lowest BCUT2D eigenvalue weighted by Crippen LogP contribution is -2.43. The van der Waals surface area contributed by atoms with Gasteiger partial charge in [-0.05, 0) is 42.5 Å². The Morgan fingerprint density at radius 3 is 2.89 bits per heavy atom. The van der Waals surface area contributed by atoms with E-state index in [1.807, 2.05) is 11.0 Å². The summed E-state index contributed by atoms with van der Waals surface area (Å²) in [5.41, 5.74) is 1.20. The first kappa shape index (κ1) is 17.7. The normalized spacial score (nSPS) is 22.7. The lowest BCUT2D eigenvalue weighted by Gasteiger charge is -2.30. The molecule has 6 nitrogen and oxygen atoms in total. The molecule has 2 saturated heterocycles. The fourth-order valence-electron chi connectivity index (χ4n) is 4.23. The number of aryl methyl sites for hydroxylation is 1. The number of benzene rings is 1. The summed E-state index contributed by atoms with van der Waals surface area (Å²) < 4.78 is 15.2. The first-order valence-electron chi connectivity index (χ1n) is 9.34. The van der Waals surface area contributed by atoms with E-state index in [1.54, 1.807) is 35.0 Å². The summed E-state index contributed by atoms with van der Waals surface area (Å²) in [6.07, 6.45) is 4.00.